The number of ether oxygens (including phenoxy) is 1. The number of hydrogen-bond acceptors (Lipinski definition) is 4. The van der Waals surface area contributed by atoms with E-state index in [9.17, 15) is 0 Å². The Labute approximate surface area is 81.5 Å². The first-order chi connectivity index (χ1) is 6.74. The maximum atomic E-state index is 5.88. The van der Waals surface area contributed by atoms with Crippen molar-refractivity contribution in [2.75, 3.05) is 18.6 Å². The van der Waals surface area contributed by atoms with E-state index >= 15 is 0 Å². The van der Waals surface area contributed by atoms with Crippen LogP contribution in [-0.2, 0) is 0 Å². The van der Waals surface area contributed by atoms with Gasteiger partial charge >= 0.3 is 0 Å². The molecule has 0 radical (unpaired) electrons. The molecule has 0 fully saturated rings. The Hall–Kier alpha value is -1.97. The number of nitrogens with zero attached hydrogens (tertiary/aromatic N) is 1. The fourth-order valence-corrected chi connectivity index (χ4v) is 1.46. The maximum Gasteiger partial charge on any atom is 0.144 e. The highest BCUT2D eigenvalue weighted by Gasteiger charge is 2.07. The van der Waals surface area contributed by atoms with Crippen molar-refractivity contribution < 1.29 is 4.74 Å². The van der Waals surface area contributed by atoms with Gasteiger partial charge in [-0.3, -0.25) is 4.98 Å². The summed E-state index contributed by atoms with van der Waals surface area (Å²) in [6, 6.07) is 3.55. The third-order valence-corrected chi connectivity index (χ3v) is 2.19. The number of rotatable bonds is 1. The van der Waals surface area contributed by atoms with Gasteiger partial charge in [0.2, 0.25) is 0 Å². The normalized spacial score (nSPS) is 10.4. The van der Waals surface area contributed by atoms with Gasteiger partial charge in [0.1, 0.15) is 5.75 Å². The van der Waals surface area contributed by atoms with Crippen LogP contribution < -0.4 is 16.2 Å². The van der Waals surface area contributed by atoms with Crippen LogP contribution in [0.4, 0.5) is 11.4 Å². The van der Waals surface area contributed by atoms with Crippen LogP contribution in [0.5, 0.6) is 5.75 Å². The topological polar surface area (TPSA) is 74.2 Å². The monoisotopic (exact) mass is 189 g/mol. The average molecular weight is 189 g/mol. The summed E-state index contributed by atoms with van der Waals surface area (Å²) < 4.78 is 5.10. The highest BCUT2D eigenvalue weighted by atomic mass is 16.5. The minimum absolute atomic E-state index is 0.574. The lowest BCUT2D eigenvalue weighted by atomic mass is 10.1. The molecule has 0 aliphatic rings. The zero-order chi connectivity index (χ0) is 10.1. The highest BCUT2D eigenvalue weighted by Crippen LogP contribution is 2.33. The Kier molecular flexibility index (Phi) is 1.89. The molecule has 72 valence electrons. The molecule has 0 amide bonds. The fourth-order valence-electron chi connectivity index (χ4n) is 1.46. The van der Waals surface area contributed by atoms with Gasteiger partial charge in [-0.15, -0.1) is 0 Å². The molecule has 1 aromatic carbocycles. The molecule has 0 spiro atoms. The van der Waals surface area contributed by atoms with Crippen molar-refractivity contribution in [3.63, 3.8) is 0 Å². The SMILES string of the molecule is COc1cc(N)c2ccncc2c1N. The van der Waals surface area contributed by atoms with Crippen LogP contribution in [0, 0.1) is 0 Å². The molecule has 0 saturated heterocycles. The summed E-state index contributed by atoms with van der Waals surface area (Å²) in [4.78, 5) is 4.00. The Bertz CT molecular complexity index is 482. The van der Waals surface area contributed by atoms with E-state index in [4.69, 9.17) is 16.2 Å². The van der Waals surface area contributed by atoms with Crippen LogP contribution in [0.25, 0.3) is 10.8 Å². The van der Waals surface area contributed by atoms with Crippen molar-refractivity contribution in [1.29, 1.82) is 0 Å². The van der Waals surface area contributed by atoms with Gasteiger partial charge in [0, 0.05) is 34.9 Å². The Balaban J connectivity index is 2.87. The fraction of sp³-hybridized carbons (Fsp3) is 0.100. The van der Waals surface area contributed by atoms with Crippen molar-refractivity contribution in [1.82, 2.24) is 4.98 Å². The number of anilines is 2. The number of benzene rings is 1. The second-order valence-corrected chi connectivity index (χ2v) is 3.00. The van der Waals surface area contributed by atoms with Gasteiger partial charge in [-0.25, -0.2) is 0 Å². The third-order valence-electron chi connectivity index (χ3n) is 2.19. The third kappa shape index (κ3) is 1.12. The summed E-state index contributed by atoms with van der Waals surface area (Å²) in [6.45, 7) is 0. The average Bonchev–Trinajstić information content (AvgIpc) is 2.23. The van der Waals surface area contributed by atoms with Crippen molar-refractivity contribution in [3.8, 4) is 5.75 Å². The number of aromatic nitrogens is 1. The molecule has 0 aliphatic carbocycles. The minimum atomic E-state index is 0.574. The van der Waals surface area contributed by atoms with Gasteiger partial charge in [0.25, 0.3) is 0 Å². The summed E-state index contributed by atoms with van der Waals surface area (Å²) in [6.07, 6.45) is 3.37. The number of hydrogen-bond donors (Lipinski definition) is 2. The van der Waals surface area contributed by atoms with E-state index in [1.807, 2.05) is 6.07 Å². The Morgan fingerprint density at radius 3 is 2.79 bits per heavy atom. The molecular formula is C10H11N3O. The van der Waals surface area contributed by atoms with Crippen molar-refractivity contribution >= 4 is 22.1 Å². The lowest BCUT2D eigenvalue weighted by molar-refractivity contribution is 0.417. The molecule has 2 rings (SSSR count). The molecule has 4 nitrogen and oxygen atoms in total. The largest absolute Gasteiger partial charge is 0.494 e. The predicted octanol–water partition coefficient (Wildman–Crippen LogP) is 1.41. The summed E-state index contributed by atoms with van der Waals surface area (Å²) >= 11 is 0. The van der Waals surface area contributed by atoms with Crippen LogP contribution in [0.1, 0.15) is 0 Å². The summed E-state index contributed by atoms with van der Waals surface area (Å²) in [5.41, 5.74) is 12.9. The summed E-state index contributed by atoms with van der Waals surface area (Å²) in [7, 11) is 1.56. The quantitative estimate of drug-likeness (QED) is 0.665. The van der Waals surface area contributed by atoms with Crippen LogP contribution in [-0.4, -0.2) is 12.1 Å². The van der Waals surface area contributed by atoms with E-state index < -0.39 is 0 Å². The lowest BCUT2D eigenvalue weighted by Gasteiger charge is -2.09. The van der Waals surface area contributed by atoms with Gasteiger partial charge in [-0.05, 0) is 6.07 Å². The minimum Gasteiger partial charge on any atom is -0.494 e. The van der Waals surface area contributed by atoms with Crippen LogP contribution in [0.15, 0.2) is 24.5 Å². The van der Waals surface area contributed by atoms with E-state index in [-0.39, 0.29) is 0 Å². The zero-order valence-corrected chi connectivity index (χ0v) is 7.82. The number of methoxy groups -OCH3 is 1. The molecule has 2 aromatic rings. The van der Waals surface area contributed by atoms with Crippen LogP contribution in [0.3, 0.4) is 0 Å². The van der Waals surface area contributed by atoms with E-state index in [2.05, 4.69) is 4.98 Å². The van der Waals surface area contributed by atoms with Gasteiger partial charge in [-0.1, -0.05) is 0 Å². The molecule has 0 saturated carbocycles. The van der Waals surface area contributed by atoms with Crippen molar-refractivity contribution in [3.05, 3.63) is 24.5 Å². The first-order valence-corrected chi connectivity index (χ1v) is 4.19. The Morgan fingerprint density at radius 1 is 1.29 bits per heavy atom. The molecule has 4 heteroatoms. The van der Waals surface area contributed by atoms with Crippen molar-refractivity contribution in [2.24, 2.45) is 0 Å². The lowest BCUT2D eigenvalue weighted by Crippen LogP contribution is -1.97. The second-order valence-electron chi connectivity index (χ2n) is 3.00. The molecule has 1 aromatic heterocycles. The van der Waals surface area contributed by atoms with Crippen LogP contribution >= 0.6 is 0 Å². The number of nitrogen functional groups attached to an aromatic ring is 2. The zero-order valence-electron chi connectivity index (χ0n) is 7.82. The summed E-state index contributed by atoms with van der Waals surface area (Å²) in [5, 5.41) is 1.72. The second kappa shape index (κ2) is 3.06. The van der Waals surface area contributed by atoms with E-state index in [1.54, 1.807) is 25.6 Å². The molecule has 14 heavy (non-hydrogen) atoms. The first kappa shape index (κ1) is 8.62. The number of fused-ring (bicyclic) bond motifs is 1. The van der Waals surface area contributed by atoms with E-state index in [0.29, 0.717) is 17.1 Å². The first-order valence-electron chi connectivity index (χ1n) is 4.19. The molecular weight excluding hydrogens is 178 g/mol. The molecule has 0 aliphatic heterocycles. The Morgan fingerprint density at radius 2 is 2.07 bits per heavy atom. The predicted molar refractivity (Wildman–Crippen MR) is 57.1 cm³/mol. The van der Waals surface area contributed by atoms with Gasteiger partial charge in [-0.2, -0.15) is 0 Å². The maximum absolute atomic E-state index is 5.88. The van der Waals surface area contributed by atoms with Gasteiger partial charge in [0.15, 0.2) is 0 Å². The highest BCUT2D eigenvalue weighted by molar-refractivity contribution is 6.02. The standard InChI is InChI=1S/C10H11N3O/c1-14-9-4-8(11)6-2-3-13-5-7(6)10(9)12/h2-5H,11-12H2,1H3. The molecule has 0 bridgehead atoms. The van der Waals surface area contributed by atoms with Gasteiger partial charge in [0.05, 0.1) is 12.8 Å². The number of nitrogens with two attached hydrogens (primary N) is 2. The molecule has 1 heterocycles. The van der Waals surface area contributed by atoms with Crippen LogP contribution in [0.2, 0.25) is 0 Å². The smallest absolute Gasteiger partial charge is 0.144 e. The molecule has 4 N–H and O–H groups in total. The van der Waals surface area contributed by atoms with E-state index in [1.165, 1.54) is 0 Å². The van der Waals surface area contributed by atoms with Gasteiger partial charge < -0.3 is 16.2 Å². The number of pyridine rings is 1. The van der Waals surface area contributed by atoms with Crippen molar-refractivity contribution in [2.45, 2.75) is 0 Å². The molecule has 0 unspecified atom stereocenters. The molecule has 0 atom stereocenters. The summed E-state index contributed by atoms with van der Waals surface area (Å²) in [5.74, 6) is 0.586. The van der Waals surface area contributed by atoms with E-state index in [0.717, 1.165) is 10.8 Å².